The van der Waals surface area contributed by atoms with Crippen LogP contribution in [0.1, 0.15) is 5.82 Å². The molecule has 0 saturated carbocycles. The summed E-state index contributed by atoms with van der Waals surface area (Å²) in [5.74, 6) is -14.0. The number of nitro benzene ring substituents is 1. The number of benzene rings is 1. The van der Waals surface area contributed by atoms with E-state index in [1.165, 1.54) is 0 Å². The normalized spacial score (nSPS) is 13.6. The Labute approximate surface area is 115 Å². The second-order valence-corrected chi connectivity index (χ2v) is 4.19. The van der Waals surface area contributed by atoms with E-state index in [9.17, 15) is 40.8 Å². The number of alkyl halides is 7. The Balaban J connectivity index is 2.57. The quantitative estimate of drug-likeness (QED) is 0.529. The van der Waals surface area contributed by atoms with Crippen LogP contribution in [0.15, 0.2) is 18.2 Å². The van der Waals surface area contributed by atoms with E-state index in [0.717, 1.165) is 12.1 Å². The van der Waals surface area contributed by atoms with Gasteiger partial charge < -0.3 is 4.98 Å². The van der Waals surface area contributed by atoms with Crippen molar-refractivity contribution in [1.29, 1.82) is 0 Å². The van der Waals surface area contributed by atoms with Crippen molar-refractivity contribution in [3.05, 3.63) is 34.1 Å². The van der Waals surface area contributed by atoms with Gasteiger partial charge in [-0.3, -0.25) is 10.1 Å². The molecule has 12 heteroatoms. The second kappa shape index (κ2) is 4.55. The fourth-order valence-electron chi connectivity index (χ4n) is 1.59. The molecule has 0 fully saturated rings. The lowest BCUT2D eigenvalue weighted by molar-refractivity contribution is -0.384. The average molecular weight is 331 g/mol. The van der Waals surface area contributed by atoms with Gasteiger partial charge in [-0.25, -0.2) is 4.98 Å². The number of imidazole rings is 1. The summed E-state index contributed by atoms with van der Waals surface area (Å²) in [4.78, 5) is 14.1. The summed E-state index contributed by atoms with van der Waals surface area (Å²) in [6, 6.07) is 2.37. The summed E-state index contributed by atoms with van der Waals surface area (Å²) in [6.07, 6.45) is -6.50. The molecule has 120 valence electrons. The maximum absolute atomic E-state index is 13.4. The highest BCUT2D eigenvalue weighted by Gasteiger charge is 2.74. The SMILES string of the molecule is O=[N+]([O-])c1ccc2nc(C(F)(F)C(F)(F)C(F)(F)F)[nH]c2c1. The smallest absolute Gasteiger partial charge is 0.336 e. The molecule has 5 nitrogen and oxygen atoms in total. The molecule has 0 aliphatic carbocycles. The number of H-pyrrole nitrogens is 1. The zero-order valence-electron chi connectivity index (χ0n) is 10.1. The molecule has 1 aromatic carbocycles. The van der Waals surface area contributed by atoms with Gasteiger partial charge in [-0.2, -0.15) is 30.7 Å². The molecule has 0 amide bonds. The second-order valence-electron chi connectivity index (χ2n) is 4.19. The molecule has 2 rings (SSSR count). The first-order chi connectivity index (χ1) is 9.88. The van der Waals surface area contributed by atoms with Gasteiger partial charge in [0.05, 0.1) is 16.0 Å². The van der Waals surface area contributed by atoms with E-state index in [2.05, 4.69) is 4.98 Å². The van der Waals surface area contributed by atoms with Crippen molar-refractivity contribution in [2.75, 3.05) is 0 Å². The Morgan fingerprint density at radius 2 is 1.68 bits per heavy atom. The molecule has 0 radical (unpaired) electrons. The molecule has 2 aromatic rings. The fourth-order valence-corrected chi connectivity index (χ4v) is 1.59. The highest BCUT2D eigenvalue weighted by atomic mass is 19.4. The standard InChI is InChI=1S/C10H4F7N3O2/c11-8(12,9(13,14)10(15,16)17)7-18-5-2-1-4(20(21)22)3-6(5)19-7/h1-3H,(H,18,19). The number of hydrogen-bond acceptors (Lipinski definition) is 3. The maximum Gasteiger partial charge on any atom is 0.460 e. The molecule has 1 N–H and O–H groups in total. The number of nitrogens with zero attached hydrogens (tertiary/aromatic N) is 2. The Morgan fingerprint density at radius 3 is 2.18 bits per heavy atom. The van der Waals surface area contributed by atoms with E-state index in [0.29, 0.717) is 6.07 Å². The van der Waals surface area contributed by atoms with Crippen LogP contribution in [0.4, 0.5) is 36.4 Å². The van der Waals surface area contributed by atoms with Gasteiger partial charge >= 0.3 is 18.0 Å². The van der Waals surface area contributed by atoms with Crippen molar-refractivity contribution in [1.82, 2.24) is 9.97 Å². The molecule has 0 spiro atoms. The Hall–Kier alpha value is -2.40. The van der Waals surface area contributed by atoms with Gasteiger partial charge in [0.1, 0.15) is 0 Å². The highest BCUT2D eigenvalue weighted by Crippen LogP contribution is 2.51. The number of nitrogens with one attached hydrogen (secondary N) is 1. The minimum absolute atomic E-state index is 0.418. The number of non-ortho nitro benzene ring substituents is 1. The fraction of sp³-hybridized carbons (Fsp3) is 0.300. The summed E-state index contributed by atoms with van der Waals surface area (Å²) in [5.41, 5.74) is -1.46. The summed E-state index contributed by atoms with van der Waals surface area (Å²) >= 11 is 0. The molecule has 0 aliphatic rings. The van der Waals surface area contributed by atoms with Crippen LogP contribution in [-0.2, 0) is 5.92 Å². The third kappa shape index (κ3) is 2.23. The average Bonchev–Trinajstić information content (AvgIpc) is 2.80. The first-order valence-electron chi connectivity index (χ1n) is 5.35. The number of nitro groups is 1. The number of aromatic amines is 1. The lowest BCUT2D eigenvalue weighted by Crippen LogP contribution is -2.50. The molecular formula is C10H4F7N3O2. The van der Waals surface area contributed by atoms with Crippen LogP contribution in [0.3, 0.4) is 0 Å². The predicted molar refractivity (Wildman–Crippen MR) is 57.6 cm³/mol. The lowest BCUT2D eigenvalue weighted by Gasteiger charge is -2.26. The van der Waals surface area contributed by atoms with Crippen LogP contribution < -0.4 is 0 Å². The van der Waals surface area contributed by atoms with Gasteiger partial charge in [-0.1, -0.05) is 0 Å². The predicted octanol–water partition coefficient (Wildman–Crippen LogP) is 3.76. The van der Waals surface area contributed by atoms with Gasteiger partial charge in [0.15, 0.2) is 5.82 Å². The molecule has 0 unspecified atom stereocenters. The largest absolute Gasteiger partial charge is 0.460 e. The zero-order valence-corrected chi connectivity index (χ0v) is 10.1. The van der Waals surface area contributed by atoms with Crippen molar-refractivity contribution in [3.63, 3.8) is 0 Å². The summed E-state index contributed by atoms with van der Waals surface area (Å²) in [7, 11) is 0. The summed E-state index contributed by atoms with van der Waals surface area (Å²) in [6.45, 7) is 0. The van der Waals surface area contributed by atoms with Gasteiger partial charge in [-0.15, -0.1) is 0 Å². The van der Waals surface area contributed by atoms with Crippen molar-refractivity contribution >= 4 is 16.7 Å². The van der Waals surface area contributed by atoms with E-state index < -0.39 is 45.5 Å². The van der Waals surface area contributed by atoms with Crippen LogP contribution in [0.25, 0.3) is 11.0 Å². The highest BCUT2D eigenvalue weighted by molar-refractivity contribution is 5.78. The summed E-state index contributed by atoms with van der Waals surface area (Å²) < 4.78 is 88.9. The topological polar surface area (TPSA) is 71.8 Å². The summed E-state index contributed by atoms with van der Waals surface area (Å²) in [5, 5.41) is 10.5. The molecule has 1 aromatic heterocycles. The monoisotopic (exact) mass is 331 g/mol. The molecule has 22 heavy (non-hydrogen) atoms. The van der Waals surface area contributed by atoms with Crippen LogP contribution in [0.2, 0.25) is 0 Å². The van der Waals surface area contributed by atoms with Crippen LogP contribution in [-0.4, -0.2) is 27.0 Å². The molecular weight excluding hydrogens is 327 g/mol. The molecule has 0 bridgehead atoms. The van der Waals surface area contributed by atoms with Gasteiger partial charge in [0, 0.05) is 12.1 Å². The van der Waals surface area contributed by atoms with E-state index >= 15 is 0 Å². The number of halogens is 7. The van der Waals surface area contributed by atoms with Crippen LogP contribution >= 0.6 is 0 Å². The minimum Gasteiger partial charge on any atom is -0.336 e. The van der Waals surface area contributed by atoms with Gasteiger partial charge in [0.2, 0.25) is 0 Å². The van der Waals surface area contributed by atoms with Crippen LogP contribution in [0.5, 0.6) is 0 Å². The Bertz CT molecular complexity index is 738. The molecule has 0 saturated heterocycles. The van der Waals surface area contributed by atoms with E-state index in [1.54, 1.807) is 4.98 Å². The lowest BCUT2D eigenvalue weighted by atomic mass is 10.1. The molecule has 0 atom stereocenters. The van der Waals surface area contributed by atoms with E-state index in [1.807, 2.05) is 0 Å². The number of rotatable bonds is 3. The first-order valence-corrected chi connectivity index (χ1v) is 5.35. The molecule has 0 aliphatic heterocycles. The number of aromatic nitrogens is 2. The Morgan fingerprint density at radius 1 is 1.09 bits per heavy atom. The van der Waals surface area contributed by atoms with E-state index in [-0.39, 0.29) is 0 Å². The third-order valence-corrected chi connectivity index (χ3v) is 2.72. The minimum atomic E-state index is -6.50. The molecule has 1 heterocycles. The van der Waals surface area contributed by atoms with Crippen molar-refractivity contribution in [2.24, 2.45) is 0 Å². The third-order valence-electron chi connectivity index (χ3n) is 2.72. The van der Waals surface area contributed by atoms with E-state index in [4.69, 9.17) is 0 Å². The number of hydrogen-bond donors (Lipinski definition) is 1. The number of fused-ring (bicyclic) bond motifs is 1. The Kier molecular flexibility index (Phi) is 3.30. The van der Waals surface area contributed by atoms with Crippen LogP contribution in [0, 0.1) is 10.1 Å². The van der Waals surface area contributed by atoms with Crippen molar-refractivity contribution in [2.45, 2.75) is 18.0 Å². The van der Waals surface area contributed by atoms with Gasteiger partial charge in [0.25, 0.3) is 5.69 Å². The zero-order chi connectivity index (χ0) is 16.9. The van der Waals surface area contributed by atoms with Crippen molar-refractivity contribution in [3.8, 4) is 0 Å². The van der Waals surface area contributed by atoms with Gasteiger partial charge in [-0.05, 0) is 6.07 Å². The first kappa shape index (κ1) is 16.0. The maximum atomic E-state index is 13.4. The van der Waals surface area contributed by atoms with Crippen molar-refractivity contribution < 1.29 is 35.7 Å².